The highest BCUT2D eigenvalue weighted by atomic mass is 16.6. The minimum Gasteiger partial charge on any atom is -0.443 e. The maximum absolute atomic E-state index is 12.5. The molecule has 0 atom stereocenters. The van der Waals surface area contributed by atoms with E-state index < -0.39 is 6.09 Å². The predicted molar refractivity (Wildman–Crippen MR) is 110 cm³/mol. The zero-order valence-corrected chi connectivity index (χ0v) is 16.8. The van der Waals surface area contributed by atoms with Gasteiger partial charge in [-0.05, 0) is 31.9 Å². The fraction of sp³-hybridized carbons (Fsp3) is 0.500. The Morgan fingerprint density at radius 2 is 1.72 bits per heavy atom. The number of hydrogen-bond donors (Lipinski definition) is 1. The summed E-state index contributed by atoms with van der Waals surface area (Å²) in [5.41, 5.74) is 1.85. The average molecular weight is 397 g/mol. The molecule has 2 fully saturated rings. The third-order valence-electron chi connectivity index (χ3n) is 6.14. The first-order valence-electron chi connectivity index (χ1n) is 10.4. The van der Waals surface area contributed by atoms with Crippen LogP contribution in [0.4, 0.5) is 4.79 Å². The van der Waals surface area contributed by atoms with Crippen LogP contribution < -0.4 is 5.43 Å². The third-order valence-corrected chi connectivity index (χ3v) is 6.14. The first-order chi connectivity index (χ1) is 14.0. The van der Waals surface area contributed by atoms with E-state index in [0.717, 1.165) is 31.2 Å². The van der Waals surface area contributed by atoms with Gasteiger partial charge in [0, 0.05) is 48.6 Å². The Hall–Kier alpha value is -2.83. The number of hydrogen-bond acceptors (Lipinski definition) is 4. The molecular formula is C22H27N3O4. The van der Waals surface area contributed by atoms with E-state index in [1.807, 2.05) is 23.1 Å². The molecule has 2 amide bonds. The second-order valence-corrected chi connectivity index (χ2v) is 7.95. The van der Waals surface area contributed by atoms with Gasteiger partial charge in [0.1, 0.15) is 6.61 Å². The highest BCUT2D eigenvalue weighted by molar-refractivity contribution is 5.80. The Labute approximate surface area is 169 Å². The van der Waals surface area contributed by atoms with Crippen LogP contribution in [-0.4, -0.2) is 53.0 Å². The quantitative estimate of drug-likeness (QED) is 0.863. The van der Waals surface area contributed by atoms with Crippen LogP contribution in [0, 0.1) is 12.8 Å². The van der Waals surface area contributed by atoms with E-state index >= 15 is 0 Å². The largest absolute Gasteiger partial charge is 0.443 e. The van der Waals surface area contributed by atoms with Gasteiger partial charge in [-0.25, -0.2) is 4.79 Å². The van der Waals surface area contributed by atoms with Crippen LogP contribution in [0.15, 0.2) is 29.1 Å². The predicted octanol–water partition coefficient (Wildman–Crippen LogP) is 2.81. The lowest BCUT2D eigenvalue weighted by molar-refractivity contribution is -0.136. The molecule has 1 N–H and O–H groups in total. The fourth-order valence-electron chi connectivity index (χ4n) is 4.30. The lowest BCUT2D eigenvalue weighted by Gasteiger charge is -2.35. The van der Waals surface area contributed by atoms with Crippen molar-refractivity contribution in [1.82, 2.24) is 14.8 Å². The van der Waals surface area contributed by atoms with Crippen molar-refractivity contribution >= 4 is 22.9 Å². The van der Waals surface area contributed by atoms with E-state index in [0.29, 0.717) is 42.8 Å². The monoisotopic (exact) mass is 397 g/mol. The highest BCUT2D eigenvalue weighted by Crippen LogP contribution is 2.27. The number of H-pyrrole nitrogens is 1. The Bertz CT molecular complexity index is 970. The number of amides is 2. The van der Waals surface area contributed by atoms with Crippen molar-refractivity contribution in [2.24, 2.45) is 5.92 Å². The Balaban J connectivity index is 1.34. The Morgan fingerprint density at radius 1 is 1.07 bits per heavy atom. The first kappa shape index (κ1) is 19.5. The topological polar surface area (TPSA) is 82.7 Å². The maximum Gasteiger partial charge on any atom is 0.410 e. The smallest absolute Gasteiger partial charge is 0.410 e. The summed E-state index contributed by atoms with van der Waals surface area (Å²) >= 11 is 0. The van der Waals surface area contributed by atoms with Crippen molar-refractivity contribution < 1.29 is 14.3 Å². The van der Waals surface area contributed by atoms with Gasteiger partial charge in [0.25, 0.3) is 0 Å². The number of aromatic amines is 1. The van der Waals surface area contributed by atoms with Crippen molar-refractivity contribution in [3.05, 3.63) is 45.7 Å². The number of ether oxygens (including phenoxy) is 1. The fourth-order valence-corrected chi connectivity index (χ4v) is 4.30. The molecule has 0 radical (unpaired) electrons. The molecular weight excluding hydrogens is 370 g/mol. The van der Waals surface area contributed by atoms with Crippen molar-refractivity contribution in [3.8, 4) is 0 Å². The van der Waals surface area contributed by atoms with Gasteiger partial charge in [-0.2, -0.15) is 0 Å². The average Bonchev–Trinajstić information content (AvgIpc) is 3.29. The third kappa shape index (κ3) is 3.99. The van der Waals surface area contributed by atoms with Crippen LogP contribution in [0.25, 0.3) is 10.9 Å². The molecule has 4 rings (SSSR count). The number of nitrogens with zero attached hydrogens (tertiary/aromatic N) is 2. The summed E-state index contributed by atoms with van der Waals surface area (Å²) < 4.78 is 5.46. The number of fused-ring (bicyclic) bond motifs is 1. The molecule has 0 unspecified atom stereocenters. The van der Waals surface area contributed by atoms with Crippen LogP contribution in [-0.2, 0) is 16.1 Å². The van der Waals surface area contributed by atoms with E-state index in [9.17, 15) is 14.4 Å². The SMILES string of the molecule is Cc1c(COC(=O)N2CCN(C(=O)C3CCCC3)CC2)[nH]c2ccccc2c1=O. The second-order valence-electron chi connectivity index (χ2n) is 7.95. The van der Waals surface area contributed by atoms with Gasteiger partial charge in [-0.1, -0.05) is 25.0 Å². The molecule has 1 aromatic heterocycles. The number of aromatic nitrogens is 1. The highest BCUT2D eigenvalue weighted by Gasteiger charge is 2.30. The molecule has 0 bridgehead atoms. The summed E-state index contributed by atoms with van der Waals surface area (Å²) in [6.07, 6.45) is 3.85. The lowest BCUT2D eigenvalue weighted by Crippen LogP contribution is -2.51. The summed E-state index contributed by atoms with van der Waals surface area (Å²) in [6, 6.07) is 7.30. The van der Waals surface area contributed by atoms with Crippen LogP contribution >= 0.6 is 0 Å². The number of para-hydroxylation sites is 1. The number of nitrogens with one attached hydrogen (secondary N) is 1. The Kier molecular flexibility index (Phi) is 5.56. The van der Waals surface area contributed by atoms with E-state index in [-0.39, 0.29) is 23.9 Å². The molecule has 1 saturated heterocycles. The number of piperazine rings is 1. The van der Waals surface area contributed by atoms with E-state index in [4.69, 9.17) is 4.74 Å². The zero-order chi connectivity index (χ0) is 20.4. The maximum atomic E-state index is 12.5. The van der Waals surface area contributed by atoms with E-state index in [1.54, 1.807) is 17.9 Å². The summed E-state index contributed by atoms with van der Waals surface area (Å²) in [6.45, 7) is 3.81. The minimum atomic E-state index is -0.411. The summed E-state index contributed by atoms with van der Waals surface area (Å²) in [7, 11) is 0. The van der Waals surface area contributed by atoms with Crippen molar-refractivity contribution in [2.45, 2.75) is 39.2 Å². The van der Waals surface area contributed by atoms with Gasteiger partial charge in [-0.15, -0.1) is 0 Å². The molecule has 154 valence electrons. The molecule has 0 spiro atoms. The molecule has 29 heavy (non-hydrogen) atoms. The molecule has 1 saturated carbocycles. The van der Waals surface area contributed by atoms with Crippen molar-refractivity contribution in [2.75, 3.05) is 26.2 Å². The van der Waals surface area contributed by atoms with Crippen LogP contribution in [0.5, 0.6) is 0 Å². The van der Waals surface area contributed by atoms with E-state index in [2.05, 4.69) is 4.98 Å². The zero-order valence-electron chi connectivity index (χ0n) is 16.8. The molecule has 2 heterocycles. The molecule has 2 aliphatic rings. The molecule has 1 aliphatic heterocycles. The van der Waals surface area contributed by atoms with Crippen LogP contribution in [0.3, 0.4) is 0 Å². The van der Waals surface area contributed by atoms with Gasteiger partial charge < -0.3 is 19.5 Å². The molecule has 1 aromatic carbocycles. The summed E-state index contributed by atoms with van der Waals surface area (Å²) in [5.74, 6) is 0.404. The number of carbonyl (C=O) groups is 2. The second kappa shape index (κ2) is 8.27. The minimum absolute atomic E-state index is 0.0198. The van der Waals surface area contributed by atoms with Crippen molar-refractivity contribution in [3.63, 3.8) is 0 Å². The van der Waals surface area contributed by atoms with Gasteiger partial charge in [0.15, 0.2) is 5.43 Å². The van der Waals surface area contributed by atoms with Crippen molar-refractivity contribution in [1.29, 1.82) is 0 Å². The summed E-state index contributed by atoms with van der Waals surface area (Å²) in [5, 5.41) is 0.628. The first-order valence-corrected chi connectivity index (χ1v) is 10.4. The number of rotatable bonds is 3. The van der Waals surface area contributed by atoms with E-state index in [1.165, 1.54) is 0 Å². The molecule has 7 nitrogen and oxygen atoms in total. The normalized spacial score (nSPS) is 17.7. The molecule has 7 heteroatoms. The van der Waals surface area contributed by atoms with Gasteiger partial charge in [0.2, 0.25) is 5.91 Å². The number of carbonyl (C=O) groups excluding carboxylic acids is 2. The summed E-state index contributed by atoms with van der Waals surface area (Å²) in [4.78, 5) is 44.2. The standard InChI is InChI=1S/C22H27N3O4/c1-15-19(23-18-9-5-4-8-17(18)20(15)26)14-29-22(28)25-12-10-24(11-13-25)21(27)16-6-2-3-7-16/h4-5,8-9,16H,2-3,6-7,10-14H2,1H3,(H,23,26). The number of pyridine rings is 1. The lowest BCUT2D eigenvalue weighted by atomic mass is 10.1. The van der Waals surface area contributed by atoms with Gasteiger partial charge in [0.05, 0.1) is 5.69 Å². The number of benzene rings is 1. The van der Waals surface area contributed by atoms with Crippen LogP contribution in [0.2, 0.25) is 0 Å². The Morgan fingerprint density at radius 3 is 2.45 bits per heavy atom. The molecule has 1 aliphatic carbocycles. The van der Waals surface area contributed by atoms with Crippen LogP contribution in [0.1, 0.15) is 36.9 Å². The van der Waals surface area contributed by atoms with Gasteiger partial charge in [-0.3, -0.25) is 9.59 Å². The molecule has 2 aromatic rings. The van der Waals surface area contributed by atoms with Gasteiger partial charge >= 0.3 is 6.09 Å².